The maximum atomic E-state index is 12.4. The highest BCUT2D eigenvalue weighted by Crippen LogP contribution is 2.30. The number of hydrogen-bond acceptors (Lipinski definition) is 6. The fourth-order valence-corrected chi connectivity index (χ4v) is 2.63. The summed E-state index contributed by atoms with van der Waals surface area (Å²) in [6.45, 7) is 1.53. The molecule has 0 spiro atoms. The quantitative estimate of drug-likeness (QED) is 0.501. The Hall–Kier alpha value is -2.97. The van der Waals surface area contributed by atoms with Gasteiger partial charge in [0.2, 0.25) is 5.88 Å². The van der Waals surface area contributed by atoms with Gasteiger partial charge in [0.15, 0.2) is 6.10 Å². The summed E-state index contributed by atoms with van der Waals surface area (Å²) in [6.07, 6.45) is 0.285. The van der Waals surface area contributed by atoms with Crippen molar-refractivity contribution in [1.29, 1.82) is 0 Å². The van der Waals surface area contributed by atoms with E-state index in [9.17, 15) is 14.9 Å². The van der Waals surface area contributed by atoms with Gasteiger partial charge in [-0.05, 0) is 25.1 Å². The van der Waals surface area contributed by atoms with E-state index in [4.69, 9.17) is 27.9 Å². The predicted octanol–water partition coefficient (Wildman–Crippen LogP) is 4.25. The molecule has 0 saturated heterocycles. The summed E-state index contributed by atoms with van der Waals surface area (Å²) in [4.78, 5) is 30.8. The Balaban J connectivity index is 1.81. The number of nitrogens with one attached hydrogen (secondary N) is 1. The maximum absolute atomic E-state index is 12.4. The monoisotopic (exact) mass is 406 g/mol. The molecule has 2 aromatic carbocycles. The van der Waals surface area contributed by atoms with Crippen molar-refractivity contribution in [2.45, 2.75) is 13.0 Å². The van der Waals surface area contributed by atoms with Crippen LogP contribution in [-0.4, -0.2) is 26.9 Å². The lowest BCUT2D eigenvalue weighted by atomic mass is 10.2. The molecular formula is C17H12Cl2N4O4. The van der Waals surface area contributed by atoms with Gasteiger partial charge in [0.25, 0.3) is 11.6 Å². The average molecular weight is 407 g/mol. The first kappa shape index (κ1) is 18.8. The molecule has 0 aliphatic carbocycles. The van der Waals surface area contributed by atoms with Crippen LogP contribution in [0.5, 0.6) is 5.88 Å². The highest BCUT2D eigenvalue weighted by Gasteiger charge is 2.19. The lowest BCUT2D eigenvalue weighted by Crippen LogP contribution is -2.30. The highest BCUT2D eigenvalue weighted by molar-refractivity contribution is 6.44. The van der Waals surface area contributed by atoms with E-state index in [1.807, 2.05) is 0 Å². The number of nitro groups is 1. The Morgan fingerprint density at radius 1 is 1.26 bits per heavy atom. The fraction of sp³-hybridized carbons (Fsp3) is 0.118. The molecule has 1 aromatic heterocycles. The summed E-state index contributed by atoms with van der Waals surface area (Å²) < 4.78 is 5.62. The molecule has 0 bridgehead atoms. The number of fused-ring (bicyclic) bond motifs is 1. The zero-order valence-electron chi connectivity index (χ0n) is 13.8. The van der Waals surface area contributed by atoms with E-state index in [1.54, 1.807) is 18.2 Å². The first-order valence-electron chi connectivity index (χ1n) is 7.67. The fourth-order valence-electron chi connectivity index (χ4n) is 2.28. The van der Waals surface area contributed by atoms with E-state index in [0.717, 1.165) is 0 Å². The van der Waals surface area contributed by atoms with E-state index in [2.05, 4.69) is 15.3 Å². The van der Waals surface area contributed by atoms with Crippen LogP contribution in [-0.2, 0) is 4.79 Å². The minimum Gasteiger partial charge on any atom is -0.464 e. The largest absolute Gasteiger partial charge is 0.464 e. The van der Waals surface area contributed by atoms with E-state index < -0.39 is 16.9 Å². The van der Waals surface area contributed by atoms with Crippen molar-refractivity contribution in [1.82, 2.24) is 9.97 Å². The minimum absolute atomic E-state index is 0.103. The number of rotatable bonds is 5. The molecule has 10 heteroatoms. The topological polar surface area (TPSA) is 107 Å². The number of benzene rings is 2. The highest BCUT2D eigenvalue weighted by atomic mass is 35.5. The number of amides is 1. The zero-order chi connectivity index (χ0) is 19.6. The number of carbonyl (C=O) groups is 1. The molecule has 0 aliphatic rings. The van der Waals surface area contributed by atoms with Crippen molar-refractivity contribution in [3.63, 3.8) is 0 Å². The molecule has 1 atom stereocenters. The van der Waals surface area contributed by atoms with Crippen LogP contribution in [0, 0.1) is 10.1 Å². The van der Waals surface area contributed by atoms with Gasteiger partial charge in [0.1, 0.15) is 6.33 Å². The molecule has 1 N–H and O–H groups in total. The van der Waals surface area contributed by atoms with Crippen molar-refractivity contribution >= 4 is 51.4 Å². The van der Waals surface area contributed by atoms with E-state index >= 15 is 0 Å². The summed E-state index contributed by atoms with van der Waals surface area (Å²) in [6, 6.07) is 8.96. The molecule has 1 amide bonds. The second-order valence-corrected chi connectivity index (χ2v) is 6.27. The predicted molar refractivity (Wildman–Crippen MR) is 101 cm³/mol. The van der Waals surface area contributed by atoms with Crippen LogP contribution in [0.1, 0.15) is 6.92 Å². The lowest BCUT2D eigenvalue weighted by Gasteiger charge is -2.15. The molecule has 1 heterocycles. The Kier molecular flexibility index (Phi) is 5.38. The summed E-state index contributed by atoms with van der Waals surface area (Å²) in [5.41, 5.74) is 0.584. The number of nitro benzene ring substituents is 1. The molecule has 0 aliphatic heterocycles. The molecule has 3 aromatic rings. The lowest BCUT2D eigenvalue weighted by molar-refractivity contribution is -0.384. The van der Waals surface area contributed by atoms with Gasteiger partial charge in [-0.15, -0.1) is 0 Å². The maximum Gasteiger partial charge on any atom is 0.271 e. The molecular weight excluding hydrogens is 395 g/mol. The number of nitrogens with zero attached hydrogens (tertiary/aromatic N) is 3. The molecule has 0 radical (unpaired) electrons. The van der Waals surface area contributed by atoms with Crippen LogP contribution < -0.4 is 10.1 Å². The normalized spacial score (nSPS) is 11.8. The third-order valence-electron chi connectivity index (χ3n) is 3.66. The first-order chi connectivity index (χ1) is 12.9. The second-order valence-electron chi connectivity index (χ2n) is 5.49. The van der Waals surface area contributed by atoms with Gasteiger partial charge in [-0.1, -0.05) is 29.3 Å². The second kappa shape index (κ2) is 7.73. The Morgan fingerprint density at radius 2 is 2.04 bits per heavy atom. The minimum atomic E-state index is -0.923. The number of aromatic nitrogens is 2. The summed E-state index contributed by atoms with van der Waals surface area (Å²) in [5, 5.41) is 14.5. The van der Waals surface area contributed by atoms with Gasteiger partial charge < -0.3 is 10.1 Å². The summed E-state index contributed by atoms with van der Waals surface area (Å²) in [5.74, 6) is -0.331. The standard InChI is InChI=1S/C17H12Cl2N4O4/c1-9(16(24)22-13-4-2-3-12(18)15(13)19)27-17-11-6-5-10(23(25)26)7-14(11)20-8-21-17/h2-9H,1H3,(H,22,24). The van der Waals surface area contributed by atoms with Crippen LogP contribution in [0.3, 0.4) is 0 Å². The number of carbonyl (C=O) groups excluding carboxylic acids is 1. The Bertz CT molecular complexity index is 1040. The van der Waals surface area contributed by atoms with Gasteiger partial charge in [-0.25, -0.2) is 9.97 Å². The van der Waals surface area contributed by atoms with Crippen LogP contribution in [0.4, 0.5) is 11.4 Å². The number of ether oxygens (including phenoxy) is 1. The number of non-ortho nitro benzene ring substituents is 1. The summed E-state index contributed by atoms with van der Waals surface area (Å²) >= 11 is 12.0. The number of halogens is 2. The molecule has 3 rings (SSSR count). The Labute approximate surface area is 163 Å². The van der Waals surface area contributed by atoms with Crippen LogP contribution in [0.2, 0.25) is 10.0 Å². The van der Waals surface area contributed by atoms with Crippen LogP contribution >= 0.6 is 23.2 Å². The van der Waals surface area contributed by atoms with Crippen molar-refractivity contribution in [2.75, 3.05) is 5.32 Å². The van der Waals surface area contributed by atoms with Crippen molar-refractivity contribution < 1.29 is 14.5 Å². The van der Waals surface area contributed by atoms with Crippen LogP contribution in [0.15, 0.2) is 42.7 Å². The van der Waals surface area contributed by atoms with Gasteiger partial charge >= 0.3 is 0 Å². The summed E-state index contributed by atoms with van der Waals surface area (Å²) in [7, 11) is 0. The molecule has 8 nitrogen and oxygen atoms in total. The zero-order valence-corrected chi connectivity index (χ0v) is 15.4. The first-order valence-corrected chi connectivity index (χ1v) is 8.43. The SMILES string of the molecule is CC(Oc1ncnc2cc([N+](=O)[O-])ccc12)C(=O)Nc1cccc(Cl)c1Cl. The molecule has 138 valence electrons. The van der Waals surface area contributed by atoms with E-state index in [-0.39, 0.29) is 16.6 Å². The van der Waals surface area contributed by atoms with Crippen molar-refractivity contribution in [2.24, 2.45) is 0 Å². The van der Waals surface area contributed by atoms with E-state index in [0.29, 0.717) is 21.6 Å². The molecule has 27 heavy (non-hydrogen) atoms. The Morgan fingerprint density at radius 3 is 2.78 bits per heavy atom. The van der Waals surface area contributed by atoms with Crippen molar-refractivity contribution in [3.05, 3.63) is 62.9 Å². The molecule has 0 saturated carbocycles. The third-order valence-corrected chi connectivity index (χ3v) is 4.48. The van der Waals surface area contributed by atoms with Gasteiger partial charge in [0.05, 0.1) is 31.6 Å². The molecule has 1 unspecified atom stereocenters. The van der Waals surface area contributed by atoms with Gasteiger partial charge in [-0.3, -0.25) is 14.9 Å². The average Bonchev–Trinajstić information content (AvgIpc) is 2.65. The molecule has 0 fully saturated rings. The van der Waals surface area contributed by atoms with Gasteiger partial charge in [0, 0.05) is 12.1 Å². The van der Waals surface area contributed by atoms with Crippen LogP contribution in [0.25, 0.3) is 10.9 Å². The van der Waals surface area contributed by atoms with Crippen molar-refractivity contribution in [3.8, 4) is 5.88 Å². The number of hydrogen-bond donors (Lipinski definition) is 1. The van der Waals surface area contributed by atoms with Gasteiger partial charge in [-0.2, -0.15) is 0 Å². The smallest absolute Gasteiger partial charge is 0.271 e. The third kappa shape index (κ3) is 4.07. The van der Waals surface area contributed by atoms with E-state index in [1.165, 1.54) is 31.5 Å². The number of anilines is 1.